The molecule has 3 rings (SSSR count). The molecule has 0 aliphatic carbocycles. The average molecular weight is 318 g/mol. The Hall–Kier alpha value is -1.89. The summed E-state index contributed by atoms with van der Waals surface area (Å²) in [7, 11) is 3.90. The number of hydrogen-bond acceptors (Lipinski definition) is 7. The summed E-state index contributed by atoms with van der Waals surface area (Å²) in [6.45, 7) is 4.18. The van der Waals surface area contributed by atoms with Crippen molar-refractivity contribution < 1.29 is 0 Å². The molecule has 2 aromatic heterocycles. The van der Waals surface area contributed by atoms with Crippen LogP contribution in [0.1, 0.15) is 17.7 Å². The quantitative estimate of drug-likeness (QED) is 0.934. The summed E-state index contributed by atoms with van der Waals surface area (Å²) < 4.78 is 0. The summed E-state index contributed by atoms with van der Waals surface area (Å²) >= 11 is 1.77. The van der Waals surface area contributed by atoms with Gasteiger partial charge in [-0.3, -0.25) is 0 Å². The lowest BCUT2D eigenvalue weighted by molar-refractivity contribution is 0.525. The highest BCUT2D eigenvalue weighted by molar-refractivity contribution is 7.15. The lowest BCUT2D eigenvalue weighted by atomic mass is 10.1. The first-order valence-electron chi connectivity index (χ1n) is 7.56. The van der Waals surface area contributed by atoms with Gasteiger partial charge in [-0.05, 0) is 25.8 Å². The molecule has 3 heterocycles. The number of rotatable bonds is 4. The molecule has 1 aliphatic heterocycles. The van der Waals surface area contributed by atoms with Gasteiger partial charge in [0.15, 0.2) is 5.13 Å². The van der Waals surface area contributed by atoms with E-state index in [4.69, 9.17) is 0 Å². The van der Waals surface area contributed by atoms with Crippen LogP contribution in [-0.2, 0) is 0 Å². The standard InChI is InChI=1S/C15H22N6S/c1-11-10-17-15(22-11)21-8-5-12(6-9-21)18-13-4-7-16-14(19-13)20(2)3/h4,7,10,12H,5-6,8-9H2,1-3H3,(H,16,18,19). The second-order valence-corrected chi connectivity index (χ2v) is 7.01. The lowest BCUT2D eigenvalue weighted by Crippen LogP contribution is -2.39. The van der Waals surface area contributed by atoms with Crippen LogP contribution in [0.15, 0.2) is 18.5 Å². The van der Waals surface area contributed by atoms with Gasteiger partial charge in [-0.15, -0.1) is 11.3 Å². The van der Waals surface area contributed by atoms with Gasteiger partial charge in [0.2, 0.25) is 5.95 Å². The molecule has 0 unspecified atom stereocenters. The van der Waals surface area contributed by atoms with Crippen molar-refractivity contribution in [1.29, 1.82) is 0 Å². The Labute approximate surface area is 135 Å². The van der Waals surface area contributed by atoms with Crippen LogP contribution in [0.3, 0.4) is 0 Å². The minimum Gasteiger partial charge on any atom is -0.367 e. The number of aryl methyl sites for hydroxylation is 1. The minimum absolute atomic E-state index is 0.460. The van der Waals surface area contributed by atoms with E-state index in [0.717, 1.165) is 42.8 Å². The summed E-state index contributed by atoms with van der Waals surface area (Å²) in [5, 5.41) is 4.68. The maximum absolute atomic E-state index is 4.53. The van der Waals surface area contributed by atoms with E-state index in [1.165, 1.54) is 4.88 Å². The molecule has 1 fully saturated rings. The van der Waals surface area contributed by atoms with E-state index < -0.39 is 0 Å². The molecule has 22 heavy (non-hydrogen) atoms. The molecule has 2 aromatic rings. The predicted molar refractivity (Wildman–Crippen MR) is 92.1 cm³/mol. The fourth-order valence-electron chi connectivity index (χ4n) is 2.56. The third-order valence-electron chi connectivity index (χ3n) is 3.77. The Kier molecular flexibility index (Phi) is 4.42. The first-order valence-corrected chi connectivity index (χ1v) is 8.38. The molecule has 0 aromatic carbocycles. The molecule has 1 aliphatic rings. The van der Waals surface area contributed by atoms with Crippen LogP contribution in [-0.4, -0.2) is 48.2 Å². The summed E-state index contributed by atoms with van der Waals surface area (Å²) in [6.07, 6.45) is 5.95. The maximum atomic E-state index is 4.53. The Morgan fingerprint density at radius 3 is 2.68 bits per heavy atom. The summed E-state index contributed by atoms with van der Waals surface area (Å²) in [6, 6.07) is 2.39. The fraction of sp³-hybridized carbons (Fsp3) is 0.533. The van der Waals surface area contributed by atoms with Crippen LogP contribution >= 0.6 is 11.3 Å². The molecule has 0 bridgehead atoms. The highest BCUT2D eigenvalue weighted by Gasteiger charge is 2.21. The van der Waals surface area contributed by atoms with E-state index in [9.17, 15) is 0 Å². The first-order chi connectivity index (χ1) is 10.6. The largest absolute Gasteiger partial charge is 0.367 e. The third kappa shape index (κ3) is 3.47. The molecule has 0 radical (unpaired) electrons. The highest BCUT2D eigenvalue weighted by Crippen LogP contribution is 2.25. The number of hydrogen-bond donors (Lipinski definition) is 1. The van der Waals surface area contributed by atoms with Crippen molar-refractivity contribution in [3.05, 3.63) is 23.3 Å². The summed E-state index contributed by atoms with van der Waals surface area (Å²) in [5.41, 5.74) is 0. The van der Waals surface area contributed by atoms with Gasteiger partial charge < -0.3 is 15.1 Å². The van der Waals surface area contributed by atoms with Gasteiger partial charge in [-0.2, -0.15) is 4.98 Å². The highest BCUT2D eigenvalue weighted by atomic mass is 32.1. The molecular weight excluding hydrogens is 296 g/mol. The van der Waals surface area contributed by atoms with E-state index in [0.29, 0.717) is 6.04 Å². The molecule has 7 heteroatoms. The van der Waals surface area contributed by atoms with Gasteiger partial charge in [0.1, 0.15) is 5.82 Å². The molecule has 0 spiro atoms. The molecule has 0 atom stereocenters. The number of nitrogens with zero attached hydrogens (tertiary/aromatic N) is 5. The van der Waals surface area contributed by atoms with Crippen molar-refractivity contribution in [2.45, 2.75) is 25.8 Å². The Morgan fingerprint density at radius 1 is 1.27 bits per heavy atom. The van der Waals surface area contributed by atoms with Gasteiger partial charge in [0.25, 0.3) is 0 Å². The van der Waals surface area contributed by atoms with E-state index in [-0.39, 0.29) is 0 Å². The van der Waals surface area contributed by atoms with Crippen molar-refractivity contribution in [2.24, 2.45) is 0 Å². The van der Waals surface area contributed by atoms with Crippen molar-refractivity contribution in [3.63, 3.8) is 0 Å². The van der Waals surface area contributed by atoms with Gasteiger partial charge in [0.05, 0.1) is 0 Å². The van der Waals surface area contributed by atoms with Crippen molar-refractivity contribution >= 4 is 28.2 Å². The Bertz CT molecular complexity index is 618. The van der Waals surface area contributed by atoms with Crippen LogP contribution in [0.5, 0.6) is 0 Å². The molecule has 0 saturated carbocycles. The van der Waals surface area contributed by atoms with Crippen molar-refractivity contribution in [1.82, 2.24) is 15.0 Å². The molecular formula is C15H22N6S. The smallest absolute Gasteiger partial charge is 0.226 e. The van der Waals surface area contributed by atoms with Crippen molar-refractivity contribution in [3.8, 4) is 0 Å². The van der Waals surface area contributed by atoms with Crippen molar-refractivity contribution in [2.75, 3.05) is 42.3 Å². The van der Waals surface area contributed by atoms with Crippen LogP contribution in [0, 0.1) is 6.92 Å². The Balaban J connectivity index is 1.57. The van der Waals surface area contributed by atoms with Crippen LogP contribution in [0.25, 0.3) is 0 Å². The molecule has 1 N–H and O–H groups in total. The predicted octanol–water partition coefficient (Wildman–Crippen LogP) is 2.39. The van der Waals surface area contributed by atoms with Gasteiger partial charge in [0, 0.05) is 50.5 Å². The summed E-state index contributed by atoms with van der Waals surface area (Å²) in [4.78, 5) is 18.8. The fourth-order valence-corrected chi connectivity index (χ4v) is 3.37. The zero-order valence-corrected chi connectivity index (χ0v) is 14.1. The van der Waals surface area contributed by atoms with Gasteiger partial charge >= 0.3 is 0 Å². The second kappa shape index (κ2) is 6.48. The van der Waals surface area contributed by atoms with E-state index in [1.54, 1.807) is 17.5 Å². The van der Waals surface area contributed by atoms with E-state index >= 15 is 0 Å². The van der Waals surface area contributed by atoms with Crippen LogP contribution in [0.4, 0.5) is 16.9 Å². The minimum atomic E-state index is 0.460. The molecule has 6 nitrogen and oxygen atoms in total. The van der Waals surface area contributed by atoms with Crippen LogP contribution < -0.4 is 15.1 Å². The maximum Gasteiger partial charge on any atom is 0.226 e. The third-order valence-corrected chi connectivity index (χ3v) is 4.74. The first kappa shape index (κ1) is 15.0. The number of aromatic nitrogens is 3. The van der Waals surface area contributed by atoms with Gasteiger partial charge in [-0.25, -0.2) is 9.97 Å². The average Bonchev–Trinajstić information content (AvgIpc) is 2.95. The number of anilines is 3. The number of thiazole rings is 1. The second-order valence-electron chi connectivity index (χ2n) is 5.80. The molecule has 1 saturated heterocycles. The SMILES string of the molecule is Cc1cnc(N2CCC(Nc3ccnc(N(C)C)n3)CC2)s1. The van der Waals surface area contributed by atoms with E-state index in [1.807, 2.05) is 31.3 Å². The summed E-state index contributed by atoms with van der Waals surface area (Å²) in [5.74, 6) is 1.64. The van der Waals surface area contributed by atoms with Crippen LogP contribution in [0.2, 0.25) is 0 Å². The Morgan fingerprint density at radius 2 is 2.05 bits per heavy atom. The zero-order valence-electron chi connectivity index (χ0n) is 13.3. The normalized spacial score (nSPS) is 15.9. The molecule has 118 valence electrons. The lowest BCUT2D eigenvalue weighted by Gasteiger charge is -2.32. The topological polar surface area (TPSA) is 57.2 Å². The molecule has 0 amide bonds. The van der Waals surface area contributed by atoms with E-state index in [2.05, 4.69) is 32.1 Å². The zero-order chi connectivity index (χ0) is 15.5. The monoisotopic (exact) mass is 318 g/mol. The van der Waals surface area contributed by atoms with Gasteiger partial charge in [-0.1, -0.05) is 0 Å². The number of nitrogens with one attached hydrogen (secondary N) is 1. The number of piperidine rings is 1.